The van der Waals surface area contributed by atoms with Crippen LogP contribution >= 0.6 is 0 Å². The molecule has 0 atom stereocenters. The van der Waals surface area contributed by atoms with Crippen molar-refractivity contribution < 1.29 is 116 Å². The van der Waals surface area contributed by atoms with E-state index in [9.17, 15) is 29.4 Å². The van der Waals surface area contributed by atoms with Crippen LogP contribution in [0.25, 0.3) is 0 Å². The van der Waals surface area contributed by atoms with Crippen LogP contribution in [0.3, 0.4) is 0 Å². The molecule has 11 nitrogen and oxygen atoms in total. The molecule has 0 bridgehead atoms. The number of hydrogen-bond acceptors (Lipinski definition) is 8. The van der Waals surface area contributed by atoms with Crippen molar-refractivity contribution in [1.29, 1.82) is 0 Å². The Labute approximate surface area is 320 Å². The number of aliphatic carboxylic acids is 4. The summed E-state index contributed by atoms with van der Waals surface area (Å²) < 4.78 is 1.11. The molecule has 45 heavy (non-hydrogen) atoms. The maximum absolute atomic E-state index is 10.5. The number of benzene rings is 1. The molecule has 2 N–H and O–H groups in total. The Kier molecular flexibility index (Phi) is 36.2. The minimum absolute atomic E-state index is 0. The van der Waals surface area contributed by atoms with Crippen molar-refractivity contribution in [3.8, 4) is 0 Å². The van der Waals surface area contributed by atoms with Gasteiger partial charge < -0.3 is 46.9 Å². The minimum atomic E-state index is -1.49. The molecule has 1 rings (SSSR count). The number of carboxylic acid groups (broad SMARTS) is 4. The van der Waals surface area contributed by atoms with Crippen molar-refractivity contribution >= 4 is 23.9 Å². The summed E-state index contributed by atoms with van der Waals surface area (Å²) in [5.74, 6) is -5.52. The molecule has 0 fully saturated rings. The first-order valence-corrected chi connectivity index (χ1v) is 15.0. The summed E-state index contributed by atoms with van der Waals surface area (Å²) in [4.78, 5) is 43.9. The van der Waals surface area contributed by atoms with E-state index in [2.05, 4.69) is 51.4 Å². The Balaban J connectivity index is -0.000000352. The molecule has 0 saturated heterocycles. The second kappa shape index (κ2) is 31.8. The summed E-state index contributed by atoms with van der Waals surface area (Å²) in [5.41, 5.74) is 1.46. The molecular weight excluding hydrogens is 624 g/mol. The van der Waals surface area contributed by atoms with E-state index in [0.29, 0.717) is 0 Å². The van der Waals surface area contributed by atoms with Gasteiger partial charge in [-0.3, -0.25) is 19.4 Å². The Hall–Kier alpha value is -0.730. The molecule has 14 heteroatoms. The Morgan fingerprint density at radius 1 is 0.667 bits per heavy atom. The maximum Gasteiger partial charge on any atom is 1.00 e. The van der Waals surface area contributed by atoms with Gasteiger partial charge in [-0.15, -0.1) is 0 Å². The van der Waals surface area contributed by atoms with E-state index in [1.165, 1.54) is 76.3 Å². The number of nitrogens with zero attached hydrogens (tertiary/aromatic N) is 3. The molecule has 1 aromatic rings. The largest absolute Gasteiger partial charge is 1.00 e. The molecule has 0 saturated carbocycles. The van der Waals surface area contributed by atoms with Crippen LogP contribution in [0.4, 0.5) is 0 Å². The summed E-state index contributed by atoms with van der Waals surface area (Å²) in [5, 5.41) is 38.0. The topological polar surface area (TPSA) is 161 Å². The maximum atomic E-state index is 10.5. The summed E-state index contributed by atoms with van der Waals surface area (Å²) >= 11 is 0. The zero-order valence-electron chi connectivity index (χ0n) is 28.2. The van der Waals surface area contributed by atoms with Crippen molar-refractivity contribution in [2.45, 2.75) is 77.7 Å². The molecule has 0 radical (unpaired) electrons. The molecule has 0 spiro atoms. The molecule has 1 aromatic carbocycles. The van der Waals surface area contributed by atoms with Gasteiger partial charge in [0.05, 0.1) is 45.7 Å². The van der Waals surface area contributed by atoms with Crippen molar-refractivity contribution in [3.63, 3.8) is 0 Å². The molecular formula is C31H52ClN3Na2O8. The first-order valence-electron chi connectivity index (χ1n) is 15.0. The zero-order chi connectivity index (χ0) is 31.8. The van der Waals surface area contributed by atoms with E-state index in [-0.39, 0.29) is 84.6 Å². The number of carbonyl (C=O) groups excluding carboxylic acids is 2. The van der Waals surface area contributed by atoms with Gasteiger partial charge in [0.15, 0.2) is 0 Å². The van der Waals surface area contributed by atoms with Crippen molar-refractivity contribution in [1.82, 2.24) is 9.80 Å². The Morgan fingerprint density at radius 3 is 1.40 bits per heavy atom. The Morgan fingerprint density at radius 2 is 1.04 bits per heavy atom. The number of unbranched alkanes of at least 4 members (excludes halogenated alkanes) is 9. The molecule has 0 aliphatic heterocycles. The van der Waals surface area contributed by atoms with E-state index in [0.717, 1.165) is 20.8 Å². The van der Waals surface area contributed by atoms with Crippen LogP contribution < -0.4 is 81.7 Å². The molecule has 0 amide bonds. The van der Waals surface area contributed by atoms with E-state index in [1.807, 2.05) is 0 Å². The van der Waals surface area contributed by atoms with Crippen molar-refractivity contribution in [3.05, 3.63) is 35.9 Å². The van der Waals surface area contributed by atoms with Crippen LogP contribution in [-0.2, 0) is 25.7 Å². The van der Waals surface area contributed by atoms with E-state index in [1.54, 1.807) is 0 Å². The van der Waals surface area contributed by atoms with Crippen LogP contribution in [0.15, 0.2) is 30.3 Å². The minimum Gasteiger partial charge on any atom is -1.00 e. The van der Waals surface area contributed by atoms with Gasteiger partial charge in [0, 0.05) is 31.7 Å². The van der Waals surface area contributed by atoms with Gasteiger partial charge in [0.1, 0.15) is 6.54 Å². The number of quaternary nitrogens is 1. The fourth-order valence-corrected chi connectivity index (χ4v) is 4.64. The normalized spacial score (nSPS) is 10.5. The van der Waals surface area contributed by atoms with Crippen LogP contribution in [0.5, 0.6) is 0 Å². The molecule has 0 aliphatic rings. The van der Waals surface area contributed by atoms with Gasteiger partial charge in [0.25, 0.3) is 0 Å². The average molecular weight is 676 g/mol. The smallest absolute Gasteiger partial charge is 1.00 e. The van der Waals surface area contributed by atoms with Gasteiger partial charge in [-0.1, -0.05) is 88.6 Å². The van der Waals surface area contributed by atoms with Gasteiger partial charge >= 0.3 is 71.1 Å². The summed E-state index contributed by atoms with van der Waals surface area (Å²) in [6, 6.07) is 10.9. The zero-order valence-corrected chi connectivity index (χ0v) is 32.9. The van der Waals surface area contributed by atoms with Crippen LogP contribution in [0.1, 0.15) is 76.7 Å². The van der Waals surface area contributed by atoms with Crippen LogP contribution in [0, 0.1) is 0 Å². The Bertz CT molecular complexity index is 846. The SMILES string of the molecule is CCCCCCCCCCCC[N+](C)(C)Cc1ccccc1.O=C([O-])CN(CCN(CC(=O)[O-])CC(=O)O)CC(=O)O.[Cl-].[Na+].[Na+]. The van der Waals surface area contributed by atoms with E-state index >= 15 is 0 Å². The predicted molar refractivity (Wildman–Crippen MR) is 157 cm³/mol. The predicted octanol–water partition coefficient (Wildman–Crippen LogP) is -7.54. The second-order valence-electron chi connectivity index (χ2n) is 11.4. The molecule has 0 aliphatic carbocycles. The van der Waals surface area contributed by atoms with E-state index in [4.69, 9.17) is 10.2 Å². The van der Waals surface area contributed by atoms with Crippen LogP contribution in [-0.4, -0.2) is 108 Å². The number of carbonyl (C=O) groups is 4. The second-order valence-corrected chi connectivity index (χ2v) is 11.4. The standard InChI is InChI=1S/C21H38N.C10H16N2O8.ClH.2Na/c1-4-5-6-7-8-9-10-11-12-16-19-22(2,3)20-21-17-14-13-15-18-21;13-7(14)3-11(4-8(15)16)1-2-12(5-9(17)18)6-10(19)20;;;/h13-15,17-18H,4-12,16,19-20H2,1-3H3;1-6H2,(H,13,14)(H,15,16)(H,17,18)(H,19,20);1H;;/q+1;;;2*+1/p-3. The van der Waals surface area contributed by atoms with Crippen molar-refractivity contribution in [2.24, 2.45) is 0 Å². The average Bonchev–Trinajstić information content (AvgIpc) is 2.87. The third-order valence-electron chi connectivity index (χ3n) is 6.73. The van der Waals surface area contributed by atoms with Gasteiger partial charge in [-0.05, 0) is 12.8 Å². The summed E-state index contributed by atoms with van der Waals surface area (Å²) in [7, 11) is 4.72. The first-order chi connectivity index (χ1) is 19.8. The third-order valence-corrected chi connectivity index (χ3v) is 6.73. The van der Waals surface area contributed by atoms with Gasteiger partial charge in [-0.25, -0.2) is 0 Å². The fraction of sp³-hybridized carbons (Fsp3) is 0.677. The quantitative estimate of drug-likeness (QED) is 0.0612. The summed E-state index contributed by atoms with van der Waals surface area (Å²) in [6.07, 6.45) is 14.2. The molecule has 0 heterocycles. The van der Waals surface area contributed by atoms with Crippen molar-refractivity contribution in [2.75, 3.05) is 59.9 Å². The number of halogens is 1. The van der Waals surface area contributed by atoms with Crippen LogP contribution in [0.2, 0.25) is 0 Å². The van der Waals surface area contributed by atoms with Gasteiger partial charge in [0.2, 0.25) is 0 Å². The monoisotopic (exact) mass is 675 g/mol. The number of rotatable bonds is 24. The van der Waals surface area contributed by atoms with E-state index < -0.39 is 50.1 Å². The number of hydrogen-bond donors (Lipinski definition) is 2. The molecule has 0 unspecified atom stereocenters. The third kappa shape index (κ3) is 34.4. The molecule has 0 aromatic heterocycles. The van der Waals surface area contributed by atoms with Gasteiger partial charge in [-0.2, -0.15) is 0 Å². The number of carboxylic acids is 4. The molecule has 248 valence electrons. The summed E-state index contributed by atoms with van der Waals surface area (Å²) in [6.45, 7) is 1.99. The fourth-order valence-electron chi connectivity index (χ4n) is 4.64. The first kappa shape index (κ1) is 51.1.